The number of nitrogens with one attached hydrogen (secondary N) is 1. The average molecular weight is 334 g/mol. The zero-order valence-corrected chi connectivity index (χ0v) is 15.2. The van der Waals surface area contributed by atoms with E-state index in [-0.39, 0.29) is 0 Å². The third-order valence-corrected chi connectivity index (χ3v) is 5.05. The smallest absolute Gasteiger partial charge is 0.236 e. The van der Waals surface area contributed by atoms with Crippen LogP contribution in [0.5, 0.6) is 0 Å². The fraction of sp³-hybridized carbons (Fsp3) is 0.824. The maximum atomic E-state index is 12.6. The zero-order valence-electron chi connectivity index (χ0n) is 15.2. The van der Waals surface area contributed by atoms with Crippen LogP contribution < -0.4 is 0 Å². The summed E-state index contributed by atoms with van der Waals surface area (Å²) in [6, 6.07) is 0. The van der Waals surface area contributed by atoms with Crippen molar-refractivity contribution in [1.82, 2.24) is 29.9 Å². The summed E-state index contributed by atoms with van der Waals surface area (Å²) in [6.45, 7) is 13.4. The van der Waals surface area contributed by atoms with Crippen molar-refractivity contribution >= 4 is 5.91 Å². The van der Waals surface area contributed by atoms with Crippen molar-refractivity contribution in [2.24, 2.45) is 11.8 Å². The van der Waals surface area contributed by atoms with Crippen LogP contribution in [-0.2, 0) is 11.3 Å². The van der Waals surface area contributed by atoms with Gasteiger partial charge in [0.05, 0.1) is 13.1 Å². The molecule has 134 valence electrons. The van der Waals surface area contributed by atoms with Crippen LogP contribution >= 0.6 is 0 Å². The minimum Gasteiger partial charge on any atom is -0.341 e. The van der Waals surface area contributed by atoms with Crippen LogP contribution in [0.3, 0.4) is 0 Å². The maximum absolute atomic E-state index is 12.6. The molecule has 2 fully saturated rings. The molecule has 0 saturated carbocycles. The van der Waals surface area contributed by atoms with Crippen molar-refractivity contribution in [3.8, 4) is 0 Å². The number of piperazine rings is 1. The number of piperidine rings is 1. The quantitative estimate of drug-likeness (QED) is 0.879. The Morgan fingerprint density at radius 1 is 1.12 bits per heavy atom. The topological polar surface area (TPSA) is 68.4 Å². The lowest BCUT2D eigenvalue weighted by Crippen LogP contribution is -2.51. The largest absolute Gasteiger partial charge is 0.341 e. The summed E-state index contributed by atoms with van der Waals surface area (Å²) in [5.74, 6) is 3.26. The van der Waals surface area contributed by atoms with Crippen LogP contribution in [0.15, 0.2) is 0 Å². The predicted octanol–water partition coefficient (Wildman–Crippen LogP) is 0.735. The molecule has 2 aliphatic heterocycles. The van der Waals surface area contributed by atoms with Crippen molar-refractivity contribution in [3.05, 3.63) is 11.6 Å². The summed E-state index contributed by atoms with van der Waals surface area (Å²) in [6.07, 6.45) is 1.24. The van der Waals surface area contributed by atoms with Crippen LogP contribution in [0, 0.1) is 18.8 Å². The van der Waals surface area contributed by atoms with Crippen LogP contribution in [-0.4, -0.2) is 81.6 Å². The van der Waals surface area contributed by atoms with Gasteiger partial charge in [0.1, 0.15) is 5.82 Å². The number of aromatic amines is 1. The third kappa shape index (κ3) is 4.54. The van der Waals surface area contributed by atoms with Gasteiger partial charge < -0.3 is 4.90 Å². The SMILES string of the molecule is Cc1nc(CN2CCN(CC(=O)N3C[C@H](C)C[C@@H](C)C3)CC2)n[nH]1. The molecule has 2 atom stereocenters. The highest BCUT2D eigenvalue weighted by atomic mass is 16.2. The second-order valence-electron chi connectivity index (χ2n) is 7.63. The van der Waals surface area contributed by atoms with Gasteiger partial charge in [0.2, 0.25) is 5.91 Å². The standard InChI is InChI=1S/C17H30N6O/c1-13-8-14(2)10-23(9-13)17(24)12-22-6-4-21(5-7-22)11-16-18-15(3)19-20-16/h13-14H,4-12H2,1-3H3,(H,18,19,20)/t13-,14-/m1/s1. The van der Waals surface area contributed by atoms with E-state index in [1.165, 1.54) is 6.42 Å². The minimum absolute atomic E-state index is 0.298. The molecule has 7 heteroatoms. The number of carbonyl (C=O) groups excluding carboxylic acids is 1. The van der Waals surface area contributed by atoms with Crippen molar-refractivity contribution in [2.45, 2.75) is 33.7 Å². The molecule has 7 nitrogen and oxygen atoms in total. The molecule has 0 aromatic carbocycles. The van der Waals surface area contributed by atoms with E-state index in [0.717, 1.165) is 57.5 Å². The van der Waals surface area contributed by atoms with Gasteiger partial charge in [-0.25, -0.2) is 4.98 Å². The highest BCUT2D eigenvalue weighted by Crippen LogP contribution is 2.21. The first-order chi connectivity index (χ1) is 11.5. The number of hydrogen-bond acceptors (Lipinski definition) is 5. The Hall–Kier alpha value is -1.47. The number of H-pyrrole nitrogens is 1. The van der Waals surface area contributed by atoms with Gasteiger partial charge in [0.25, 0.3) is 0 Å². The van der Waals surface area contributed by atoms with E-state index >= 15 is 0 Å². The summed E-state index contributed by atoms with van der Waals surface area (Å²) in [4.78, 5) is 23.7. The van der Waals surface area contributed by atoms with Gasteiger partial charge in [-0.15, -0.1) is 0 Å². The molecular weight excluding hydrogens is 304 g/mol. The molecule has 0 radical (unpaired) electrons. The number of aromatic nitrogens is 3. The lowest BCUT2D eigenvalue weighted by atomic mass is 9.92. The normalized spacial score (nSPS) is 26.7. The first-order valence-electron chi connectivity index (χ1n) is 9.10. The molecule has 3 heterocycles. The molecule has 3 rings (SSSR count). The zero-order chi connectivity index (χ0) is 17.1. The number of amides is 1. The highest BCUT2D eigenvalue weighted by molar-refractivity contribution is 5.78. The van der Waals surface area contributed by atoms with Crippen molar-refractivity contribution in [1.29, 1.82) is 0 Å². The van der Waals surface area contributed by atoms with Crippen molar-refractivity contribution in [2.75, 3.05) is 45.8 Å². The summed E-state index contributed by atoms with van der Waals surface area (Å²) >= 11 is 0. The van der Waals surface area contributed by atoms with E-state index in [1.807, 2.05) is 6.92 Å². The van der Waals surface area contributed by atoms with Crippen LogP contribution in [0.2, 0.25) is 0 Å². The molecular formula is C17H30N6O. The Balaban J connectivity index is 1.42. The van der Waals surface area contributed by atoms with Gasteiger partial charge in [-0.3, -0.25) is 19.7 Å². The molecule has 1 N–H and O–H groups in total. The molecule has 2 aliphatic rings. The molecule has 1 amide bonds. The Kier molecular flexibility index (Phi) is 5.50. The predicted molar refractivity (Wildman–Crippen MR) is 92.4 cm³/mol. The average Bonchev–Trinajstić information content (AvgIpc) is 2.93. The van der Waals surface area contributed by atoms with Gasteiger partial charge in [-0.1, -0.05) is 13.8 Å². The van der Waals surface area contributed by atoms with E-state index < -0.39 is 0 Å². The molecule has 1 aromatic heterocycles. The van der Waals surface area contributed by atoms with Crippen molar-refractivity contribution < 1.29 is 4.79 Å². The Labute approximate surface area is 144 Å². The number of likely N-dealkylation sites (tertiary alicyclic amines) is 1. The van der Waals surface area contributed by atoms with Gasteiger partial charge in [0.15, 0.2) is 5.82 Å². The first-order valence-corrected chi connectivity index (χ1v) is 9.10. The van der Waals surface area contributed by atoms with Gasteiger partial charge >= 0.3 is 0 Å². The second-order valence-corrected chi connectivity index (χ2v) is 7.63. The molecule has 24 heavy (non-hydrogen) atoms. The first kappa shape index (κ1) is 17.4. The number of hydrogen-bond donors (Lipinski definition) is 1. The lowest BCUT2D eigenvalue weighted by molar-refractivity contribution is -0.135. The molecule has 0 bridgehead atoms. The second kappa shape index (κ2) is 7.61. The van der Waals surface area contributed by atoms with Gasteiger partial charge in [-0.2, -0.15) is 5.10 Å². The minimum atomic E-state index is 0.298. The number of nitrogens with zero attached hydrogens (tertiary/aromatic N) is 5. The number of aryl methyl sites for hydroxylation is 1. The van der Waals surface area contributed by atoms with Gasteiger partial charge in [0, 0.05) is 39.3 Å². The highest BCUT2D eigenvalue weighted by Gasteiger charge is 2.27. The van der Waals surface area contributed by atoms with Crippen molar-refractivity contribution in [3.63, 3.8) is 0 Å². The molecule has 1 aromatic rings. The molecule has 0 aliphatic carbocycles. The Morgan fingerprint density at radius 3 is 2.33 bits per heavy atom. The van der Waals surface area contributed by atoms with Crippen LogP contribution in [0.1, 0.15) is 31.9 Å². The fourth-order valence-corrected chi connectivity index (χ4v) is 3.92. The monoisotopic (exact) mass is 334 g/mol. The lowest BCUT2D eigenvalue weighted by Gasteiger charge is -2.38. The summed E-state index contributed by atoms with van der Waals surface area (Å²) < 4.78 is 0. The van der Waals surface area contributed by atoms with E-state index in [1.54, 1.807) is 0 Å². The summed E-state index contributed by atoms with van der Waals surface area (Å²) in [5, 5.41) is 7.09. The third-order valence-electron chi connectivity index (χ3n) is 5.05. The van der Waals surface area contributed by atoms with E-state index in [2.05, 4.69) is 43.7 Å². The molecule has 0 spiro atoms. The van der Waals surface area contributed by atoms with E-state index in [9.17, 15) is 4.79 Å². The molecule has 2 saturated heterocycles. The summed E-state index contributed by atoms with van der Waals surface area (Å²) in [5.41, 5.74) is 0. The number of rotatable bonds is 4. The van der Waals surface area contributed by atoms with E-state index in [4.69, 9.17) is 0 Å². The fourth-order valence-electron chi connectivity index (χ4n) is 3.92. The Morgan fingerprint density at radius 2 is 1.75 bits per heavy atom. The maximum Gasteiger partial charge on any atom is 0.236 e. The number of carbonyl (C=O) groups is 1. The Bertz CT molecular complexity index is 541. The van der Waals surface area contributed by atoms with E-state index in [0.29, 0.717) is 24.3 Å². The van der Waals surface area contributed by atoms with Gasteiger partial charge in [-0.05, 0) is 25.2 Å². The van der Waals surface area contributed by atoms with Crippen LogP contribution in [0.4, 0.5) is 0 Å². The summed E-state index contributed by atoms with van der Waals surface area (Å²) in [7, 11) is 0. The van der Waals surface area contributed by atoms with Crippen LogP contribution in [0.25, 0.3) is 0 Å². The molecule has 0 unspecified atom stereocenters.